The number of thiophene rings is 1. The highest BCUT2D eigenvalue weighted by Gasteiger charge is 2.22. The second kappa shape index (κ2) is 10.3. The van der Waals surface area contributed by atoms with E-state index in [-0.39, 0.29) is 23.8 Å². The van der Waals surface area contributed by atoms with E-state index in [2.05, 4.69) is 15.5 Å². The van der Waals surface area contributed by atoms with E-state index < -0.39 is 0 Å². The lowest BCUT2D eigenvalue weighted by atomic mass is 10.2. The molecule has 0 radical (unpaired) electrons. The fourth-order valence-corrected chi connectivity index (χ4v) is 3.35. The van der Waals surface area contributed by atoms with E-state index in [4.69, 9.17) is 0 Å². The third-order valence-electron chi connectivity index (χ3n) is 4.52. The third-order valence-corrected chi connectivity index (χ3v) is 5.20. The second-order valence-corrected chi connectivity index (χ2v) is 7.33. The highest BCUT2D eigenvalue weighted by atomic mass is 32.1. The highest BCUT2D eigenvalue weighted by Crippen LogP contribution is 2.06. The van der Waals surface area contributed by atoms with Crippen LogP contribution in [0.1, 0.15) is 37.0 Å². The van der Waals surface area contributed by atoms with Crippen molar-refractivity contribution in [2.75, 3.05) is 39.3 Å². The van der Waals surface area contributed by atoms with Gasteiger partial charge in [0.2, 0.25) is 11.8 Å². The Hall–Kier alpha value is -1.93. The average molecular weight is 381 g/mol. The lowest BCUT2D eigenvalue weighted by Crippen LogP contribution is -2.52. The van der Waals surface area contributed by atoms with Gasteiger partial charge in [0.1, 0.15) is 0 Å². The van der Waals surface area contributed by atoms with Crippen molar-refractivity contribution in [2.45, 2.75) is 32.7 Å². The fourth-order valence-electron chi connectivity index (χ4n) is 2.72. The molecule has 2 N–H and O–H groups in total. The maximum Gasteiger partial charge on any atom is 0.252 e. The van der Waals surface area contributed by atoms with Gasteiger partial charge in [0.15, 0.2) is 0 Å². The normalized spacial score (nSPS) is 16.2. The fraction of sp³-hybridized carbons (Fsp3) is 0.611. The zero-order valence-electron chi connectivity index (χ0n) is 15.5. The number of carbonyl (C=O) groups is 3. The summed E-state index contributed by atoms with van der Waals surface area (Å²) in [6.45, 7) is 7.38. The lowest BCUT2D eigenvalue weighted by molar-refractivity contribution is -0.133. The van der Waals surface area contributed by atoms with Crippen molar-refractivity contribution in [2.24, 2.45) is 0 Å². The summed E-state index contributed by atoms with van der Waals surface area (Å²) in [5.74, 6) is -0.0641. The molecule has 7 nitrogen and oxygen atoms in total. The largest absolute Gasteiger partial charge is 0.353 e. The van der Waals surface area contributed by atoms with Gasteiger partial charge in [0.05, 0.1) is 6.54 Å². The standard InChI is InChI=1S/C18H28N4O3S/c1-3-14(2)20-16(23)12-21-7-9-22(10-8-21)17(24)4-6-19-18(25)15-5-11-26-13-15/h5,11,13-14H,3-4,6-10,12H2,1-2H3,(H,19,25)(H,20,23). The first-order valence-corrected chi connectivity index (χ1v) is 10.0. The molecule has 1 unspecified atom stereocenters. The minimum absolute atomic E-state index is 0.0373. The molecule has 8 heteroatoms. The molecule has 0 saturated carbocycles. The Morgan fingerprint density at radius 2 is 1.96 bits per heavy atom. The molecule has 3 amide bonds. The first kappa shape index (κ1) is 20.4. The molecule has 1 saturated heterocycles. The van der Waals surface area contributed by atoms with Crippen molar-refractivity contribution in [1.82, 2.24) is 20.4 Å². The van der Waals surface area contributed by atoms with Crippen molar-refractivity contribution < 1.29 is 14.4 Å². The maximum absolute atomic E-state index is 12.3. The highest BCUT2D eigenvalue weighted by molar-refractivity contribution is 7.08. The van der Waals surface area contributed by atoms with Crippen LogP contribution < -0.4 is 10.6 Å². The molecule has 1 aromatic rings. The number of hydrogen-bond acceptors (Lipinski definition) is 5. The van der Waals surface area contributed by atoms with Gasteiger partial charge in [-0.1, -0.05) is 6.92 Å². The smallest absolute Gasteiger partial charge is 0.252 e. The summed E-state index contributed by atoms with van der Waals surface area (Å²) >= 11 is 1.47. The van der Waals surface area contributed by atoms with Crippen LogP contribution in [0.15, 0.2) is 16.8 Å². The lowest BCUT2D eigenvalue weighted by Gasteiger charge is -2.34. The van der Waals surface area contributed by atoms with E-state index in [1.165, 1.54) is 11.3 Å². The summed E-state index contributed by atoms with van der Waals surface area (Å²) in [7, 11) is 0. The number of hydrogen-bond donors (Lipinski definition) is 2. The molecule has 2 rings (SSSR count). The van der Waals surface area contributed by atoms with E-state index in [1.807, 2.05) is 19.2 Å². The summed E-state index contributed by atoms with van der Waals surface area (Å²) in [6, 6.07) is 1.95. The van der Waals surface area contributed by atoms with Crippen LogP contribution >= 0.6 is 11.3 Å². The van der Waals surface area contributed by atoms with Crippen molar-refractivity contribution in [1.29, 1.82) is 0 Å². The van der Waals surface area contributed by atoms with Crippen LogP contribution in [0.2, 0.25) is 0 Å². The Kier molecular flexibility index (Phi) is 8.06. The first-order valence-electron chi connectivity index (χ1n) is 9.09. The Bertz CT molecular complexity index is 598. The van der Waals surface area contributed by atoms with E-state index in [0.717, 1.165) is 6.42 Å². The molecule has 0 spiro atoms. The van der Waals surface area contributed by atoms with Gasteiger partial charge in [0, 0.05) is 56.1 Å². The van der Waals surface area contributed by atoms with Crippen LogP contribution in [0.4, 0.5) is 0 Å². The number of nitrogens with zero attached hydrogens (tertiary/aromatic N) is 2. The summed E-state index contributed by atoms with van der Waals surface area (Å²) < 4.78 is 0. The van der Waals surface area contributed by atoms with E-state index in [1.54, 1.807) is 16.3 Å². The molecule has 1 aromatic heterocycles. The summed E-state index contributed by atoms with van der Waals surface area (Å²) in [4.78, 5) is 39.9. The Morgan fingerprint density at radius 1 is 1.23 bits per heavy atom. The molecule has 0 aromatic carbocycles. The molecule has 1 aliphatic rings. The zero-order chi connectivity index (χ0) is 18.9. The third kappa shape index (κ3) is 6.42. The molecule has 26 heavy (non-hydrogen) atoms. The van der Waals surface area contributed by atoms with E-state index in [0.29, 0.717) is 51.3 Å². The van der Waals surface area contributed by atoms with Gasteiger partial charge in [-0.3, -0.25) is 19.3 Å². The Balaban J connectivity index is 1.63. The van der Waals surface area contributed by atoms with Crippen LogP contribution in [0.5, 0.6) is 0 Å². The Morgan fingerprint density at radius 3 is 2.58 bits per heavy atom. The topological polar surface area (TPSA) is 81.8 Å². The van der Waals surface area contributed by atoms with Gasteiger partial charge in [-0.2, -0.15) is 11.3 Å². The number of rotatable bonds is 8. The van der Waals surface area contributed by atoms with Gasteiger partial charge in [-0.05, 0) is 24.8 Å². The molecular weight excluding hydrogens is 352 g/mol. The molecule has 1 atom stereocenters. The van der Waals surface area contributed by atoms with Gasteiger partial charge < -0.3 is 15.5 Å². The zero-order valence-corrected chi connectivity index (χ0v) is 16.3. The SMILES string of the molecule is CCC(C)NC(=O)CN1CCN(C(=O)CCNC(=O)c2ccsc2)CC1. The summed E-state index contributed by atoms with van der Waals surface area (Å²) in [6.07, 6.45) is 1.21. The minimum Gasteiger partial charge on any atom is -0.353 e. The minimum atomic E-state index is -0.142. The molecule has 0 bridgehead atoms. The van der Waals surface area contributed by atoms with Gasteiger partial charge >= 0.3 is 0 Å². The van der Waals surface area contributed by atoms with Crippen molar-refractivity contribution in [3.05, 3.63) is 22.4 Å². The van der Waals surface area contributed by atoms with Crippen molar-refractivity contribution >= 4 is 29.1 Å². The summed E-state index contributed by atoms with van der Waals surface area (Å²) in [5, 5.41) is 9.37. The molecule has 0 aliphatic carbocycles. The van der Waals surface area contributed by atoms with Crippen LogP contribution in [0, 0.1) is 0 Å². The quantitative estimate of drug-likeness (QED) is 0.703. The maximum atomic E-state index is 12.3. The van der Waals surface area contributed by atoms with Gasteiger partial charge in [-0.25, -0.2) is 0 Å². The van der Waals surface area contributed by atoms with E-state index >= 15 is 0 Å². The van der Waals surface area contributed by atoms with Gasteiger partial charge in [0.25, 0.3) is 5.91 Å². The van der Waals surface area contributed by atoms with Crippen LogP contribution in [0.3, 0.4) is 0 Å². The average Bonchev–Trinajstić information content (AvgIpc) is 3.16. The van der Waals surface area contributed by atoms with Gasteiger partial charge in [-0.15, -0.1) is 0 Å². The molecular formula is C18H28N4O3S. The van der Waals surface area contributed by atoms with Crippen LogP contribution in [-0.4, -0.2) is 72.8 Å². The number of piperazine rings is 1. The van der Waals surface area contributed by atoms with Crippen molar-refractivity contribution in [3.63, 3.8) is 0 Å². The number of amides is 3. The molecule has 2 heterocycles. The first-order chi connectivity index (χ1) is 12.5. The molecule has 144 valence electrons. The molecule has 1 aliphatic heterocycles. The van der Waals surface area contributed by atoms with Crippen LogP contribution in [0.25, 0.3) is 0 Å². The number of carbonyl (C=O) groups excluding carboxylic acids is 3. The predicted octanol–water partition coefficient (Wildman–Crippen LogP) is 0.927. The number of nitrogens with one attached hydrogen (secondary N) is 2. The van der Waals surface area contributed by atoms with Crippen LogP contribution in [-0.2, 0) is 9.59 Å². The monoisotopic (exact) mass is 380 g/mol. The van der Waals surface area contributed by atoms with Crippen molar-refractivity contribution in [3.8, 4) is 0 Å². The Labute approximate surface area is 158 Å². The summed E-state index contributed by atoms with van der Waals surface area (Å²) in [5.41, 5.74) is 0.631. The molecule has 1 fully saturated rings. The second-order valence-electron chi connectivity index (χ2n) is 6.55. The van der Waals surface area contributed by atoms with E-state index in [9.17, 15) is 14.4 Å². The predicted molar refractivity (Wildman–Crippen MR) is 102 cm³/mol.